The molecule has 23 heavy (non-hydrogen) atoms. The summed E-state index contributed by atoms with van der Waals surface area (Å²) in [5, 5.41) is 2.85. The third kappa shape index (κ3) is 4.15. The van der Waals surface area contributed by atoms with Crippen LogP contribution in [-0.4, -0.2) is 41.6 Å². The van der Waals surface area contributed by atoms with Gasteiger partial charge in [0.1, 0.15) is 0 Å². The van der Waals surface area contributed by atoms with Gasteiger partial charge in [-0.1, -0.05) is 6.07 Å². The Bertz CT molecular complexity index is 688. The third-order valence-corrected chi connectivity index (χ3v) is 3.18. The largest absolute Gasteiger partial charge is 0.478 e. The van der Waals surface area contributed by atoms with Crippen LogP contribution in [0.1, 0.15) is 28.5 Å². The molecule has 0 aliphatic heterocycles. The van der Waals surface area contributed by atoms with Crippen molar-refractivity contribution in [2.45, 2.75) is 20.4 Å². The molecule has 0 fully saturated rings. The van der Waals surface area contributed by atoms with E-state index < -0.39 is 0 Å². The number of nitrogens with zero attached hydrogens (tertiary/aromatic N) is 4. The van der Waals surface area contributed by atoms with Gasteiger partial charge in [-0.25, -0.2) is 15.0 Å². The van der Waals surface area contributed by atoms with E-state index in [4.69, 9.17) is 4.74 Å². The van der Waals surface area contributed by atoms with Crippen LogP contribution in [0.25, 0.3) is 0 Å². The smallest absolute Gasteiger partial charge is 0.254 e. The molecule has 2 heterocycles. The molecule has 0 unspecified atom stereocenters. The van der Waals surface area contributed by atoms with Crippen LogP contribution in [0.15, 0.2) is 24.5 Å². The van der Waals surface area contributed by atoms with Crippen molar-refractivity contribution in [1.29, 1.82) is 0 Å². The monoisotopic (exact) mass is 315 g/mol. The lowest BCUT2D eigenvalue weighted by molar-refractivity contribution is 0.0949. The number of aromatic nitrogens is 3. The number of aryl methyl sites for hydroxylation is 1. The number of pyridine rings is 1. The highest BCUT2D eigenvalue weighted by Crippen LogP contribution is 2.14. The first-order chi connectivity index (χ1) is 11.0. The summed E-state index contributed by atoms with van der Waals surface area (Å²) >= 11 is 0. The molecule has 2 rings (SSSR count). The van der Waals surface area contributed by atoms with Gasteiger partial charge in [0, 0.05) is 38.6 Å². The van der Waals surface area contributed by atoms with Crippen LogP contribution >= 0.6 is 0 Å². The Balaban J connectivity index is 2.08. The van der Waals surface area contributed by atoms with Crippen molar-refractivity contribution in [2.24, 2.45) is 0 Å². The predicted octanol–water partition coefficient (Wildman–Crippen LogP) is 1.57. The Hall–Kier alpha value is -2.70. The summed E-state index contributed by atoms with van der Waals surface area (Å²) in [5.74, 6) is 0.885. The Kier molecular flexibility index (Phi) is 5.46. The number of anilines is 1. The number of ether oxygens (including phenoxy) is 1. The zero-order chi connectivity index (χ0) is 16.8. The average molecular weight is 315 g/mol. The number of hydrogen-bond acceptors (Lipinski definition) is 6. The summed E-state index contributed by atoms with van der Waals surface area (Å²) < 4.78 is 5.45. The Morgan fingerprint density at radius 2 is 2.13 bits per heavy atom. The van der Waals surface area contributed by atoms with Crippen molar-refractivity contribution in [3.63, 3.8) is 0 Å². The molecular weight excluding hydrogens is 294 g/mol. The fourth-order valence-electron chi connectivity index (χ4n) is 1.99. The Labute approximate surface area is 135 Å². The molecule has 0 aromatic carbocycles. The standard InChI is InChI=1S/C16H21N5O2/c1-5-23-15-12(7-6-8-17-15)9-18-14(22)13-10-19-16(21(3)4)20-11(13)2/h6-8,10H,5,9H2,1-4H3,(H,18,22). The maximum atomic E-state index is 12.3. The van der Waals surface area contributed by atoms with E-state index in [0.717, 1.165) is 5.56 Å². The fraction of sp³-hybridized carbons (Fsp3) is 0.375. The van der Waals surface area contributed by atoms with Gasteiger partial charge >= 0.3 is 0 Å². The summed E-state index contributed by atoms with van der Waals surface area (Å²) in [4.78, 5) is 26.8. The molecule has 7 heteroatoms. The molecule has 0 saturated carbocycles. The number of hydrogen-bond donors (Lipinski definition) is 1. The zero-order valence-electron chi connectivity index (χ0n) is 13.8. The maximum absolute atomic E-state index is 12.3. The molecular formula is C16H21N5O2. The number of carbonyl (C=O) groups excluding carboxylic acids is 1. The van der Waals surface area contributed by atoms with Gasteiger partial charge in [-0.15, -0.1) is 0 Å². The second kappa shape index (κ2) is 7.53. The van der Waals surface area contributed by atoms with Gasteiger partial charge in [0.05, 0.1) is 17.9 Å². The van der Waals surface area contributed by atoms with Crippen LogP contribution in [0.2, 0.25) is 0 Å². The van der Waals surface area contributed by atoms with Gasteiger partial charge in [-0.2, -0.15) is 0 Å². The number of rotatable bonds is 6. The van der Waals surface area contributed by atoms with E-state index in [2.05, 4.69) is 20.3 Å². The molecule has 0 atom stereocenters. The highest BCUT2D eigenvalue weighted by atomic mass is 16.5. The van der Waals surface area contributed by atoms with Gasteiger partial charge in [-0.05, 0) is 19.9 Å². The molecule has 1 amide bonds. The summed E-state index contributed by atoms with van der Waals surface area (Å²) in [6, 6.07) is 3.68. The number of carbonyl (C=O) groups is 1. The number of nitrogens with one attached hydrogen (secondary N) is 1. The second-order valence-electron chi connectivity index (χ2n) is 5.15. The fourth-order valence-corrected chi connectivity index (χ4v) is 1.99. The molecule has 0 bridgehead atoms. The highest BCUT2D eigenvalue weighted by molar-refractivity contribution is 5.94. The first kappa shape index (κ1) is 16.7. The molecule has 1 N–H and O–H groups in total. The van der Waals surface area contributed by atoms with Gasteiger partial charge < -0.3 is 15.0 Å². The molecule has 0 spiro atoms. The molecule has 0 aliphatic rings. The Morgan fingerprint density at radius 1 is 1.35 bits per heavy atom. The molecule has 2 aromatic rings. The molecule has 0 radical (unpaired) electrons. The van der Waals surface area contributed by atoms with Crippen molar-refractivity contribution in [2.75, 3.05) is 25.6 Å². The summed E-state index contributed by atoms with van der Waals surface area (Å²) in [7, 11) is 3.71. The lowest BCUT2D eigenvalue weighted by atomic mass is 10.2. The van der Waals surface area contributed by atoms with Crippen LogP contribution in [0.4, 0.5) is 5.95 Å². The average Bonchev–Trinajstić information content (AvgIpc) is 2.54. The summed E-state index contributed by atoms with van der Waals surface area (Å²) in [6.07, 6.45) is 3.20. The van der Waals surface area contributed by atoms with Gasteiger partial charge in [0.15, 0.2) is 0 Å². The third-order valence-electron chi connectivity index (χ3n) is 3.18. The Morgan fingerprint density at radius 3 is 2.78 bits per heavy atom. The quantitative estimate of drug-likeness (QED) is 0.871. The van der Waals surface area contributed by atoms with E-state index in [9.17, 15) is 4.79 Å². The lowest BCUT2D eigenvalue weighted by Gasteiger charge is -2.13. The predicted molar refractivity (Wildman–Crippen MR) is 87.7 cm³/mol. The van der Waals surface area contributed by atoms with E-state index in [1.807, 2.05) is 33.2 Å². The first-order valence-corrected chi connectivity index (χ1v) is 7.38. The van der Waals surface area contributed by atoms with Crippen LogP contribution in [-0.2, 0) is 6.54 Å². The molecule has 122 valence electrons. The van der Waals surface area contributed by atoms with Crippen LogP contribution in [0, 0.1) is 6.92 Å². The van der Waals surface area contributed by atoms with Crippen molar-refractivity contribution >= 4 is 11.9 Å². The minimum Gasteiger partial charge on any atom is -0.478 e. The first-order valence-electron chi connectivity index (χ1n) is 7.38. The van der Waals surface area contributed by atoms with Crippen LogP contribution in [0.5, 0.6) is 5.88 Å². The van der Waals surface area contributed by atoms with E-state index >= 15 is 0 Å². The zero-order valence-corrected chi connectivity index (χ0v) is 13.8. The van der Waals surface area contributed by atoms with Crippen LogP contribution in [0.3, 0.4) is 0 Å². The van der Waals surface area contributed by atoms with Crippen molar-refractivity contribution in [3.05, 3.63) is 41.3 Å². The van der Waals surface area contributed by atoms with E-state index in [1.165, 1.54) is 0 Å². The molecule has 0 saturated heterocycles. The van der Waals surface area contributed by atoms with Crippen molar-refractivity contribution in [3.8, 4) is 5.88 Å². The molecule has 2 aromatic heterocycles. The van der Waals surface area contributed by atoms with Gasteiger partial charge in [0.25, 0.3) is 5.91 Å². The van der Waals surface area contributed by atoms with Crippen LogP contribution < -0.4 is 15.0 Å². The SMILES string of the molecule is CCOc1ncccc1CNC(=O)c1cnc(N(C)C)nc1C. The molecule has 7 nitrogen and oxygen atoms in total. The summed E-state index contributed by atoms with van der Waals surface area (Å²) in [6.45, 7) is 4.54. The van der Waals surface area contributed by atoms with E-state index in [1.54, 1.807) is 24.2 Å². The van der Waals surface area contributed by atoms with Crippen molar-refractivity contribution < 1.29 is 9.53 Å². The van der Waals surface area contributed by atoms with Gasteiger partial charge in [-0.3, -0.25) is 4.79 Å². The summed E-state index contributed by atoms with van der Waals surface area (Å²) in [5.41, 5.74) is 1.92. The molecule has 0 aliphatic carbocycles. The van der Waals surface area contributed by atoms with Gasteiger partial charge in [0.2, 0.25) is 11.8 Å². The highest BCUT2D eigenvalue weighted by Gasteiger charge is 2.13. The second-order valence-corrected chi connectivity index (χ2v) is 5.15. The van der Waals surface area contributed by atoms with E-state index in [-0.39, 0.29) is 5.91 Å². The number of amides is 1. The maximum Gasteiger partial charge on any atom is 0.254 e. The minimum absolute atomic E-state index is 0.223. The normalized spacial score (nSPS) is 10.3. The topological polar surface area (TPSA) is 80.2 Å². The van der Waals surface area contributed by atoms with Crippen molar-refractivity contribution in [1.82, 2.24) is 20.3 Å². The lowest BCUT2D eigenvalue weighted by Crippen LogP contribution is -2.25. The minimum atomic E-state index is -0.223. The van der Waals surface area contributed by atoms with E-state index in [0.29, 0.717) is 36.2 Å².